The highest BCUT2D eigenvalue weighted by Gasteiger charge is 2.29. The van der Waals surface area contributed by atoms with Crippen molar-refractivity contribution in [1.82, 2.24) is 25.8 Å². The van der Waals surface area contributed by atoms with Crippen molar-refractivity contribution >= 4 is 42.2 Å². The molecular weight excluding hydrogens is 394 g/mol. The van der Waals surface area contributed by atoms with Crippen LogP contribution in [0.4, 0.5) is 0 Å². The normalized spacial score (nSPS) is 12.6. The van der Waals surface area contributed by atoms with Crippen molar-refractivity contribution in [2.45, 2.75) is 19.0 Å². The first kappa shape index (κ1) is 25.6. The molecule has 0 aromatic rings. The van der Waals surface area contributed by atoms with Crippen LogP contribution in [0.1, 0.15) is 6.92 Å². The van der Waals surface area contributed by atoms with Crippen molar-refractivity contribution in [3.05, 3.63) is 0 Å². The molecule has 0 heterocycles. The molecule has 160 valence electrons. The fraction of sp³-hybridized carbons (Fsp3) is 0.667. The highest BCUT2D eigenvalue weighted by Crippen LogP contribution is 1.99. The lowest BCUT2D eigenvalue weighted by Crippen LogP contribution is -2.58. The van der Waals surface area contributed by atoms with Gasteiger partial charge in [-0.1, -0.05) is 0 Å². The SMILES string of the molecule is CC(=O)NCN(CC(=O)O)C(=O)[C@H](CS)NC(=O)[C@H](CO)NC(=O)CN(C)C. The lowest BCUT2D eigenvalue weighted by molar-refractivity contribution is -0.146. The van der Waals surface area contributed by atoms with Crippen LogP contribution in [0.3, 0.4) is 0 Å². The third-order valence-electron chi connectivity index (χ3n) is 3.25. The number of hydrogen-bond donors (Lipinski definition) is 6. The molecule has 0 aliphatic heterocycles. The first-order chi connectivity index (χ1) is 13.0. The number of hydrogen-bond acceptors (Lipinski definition) is 8. The zero-order valence-electron chi connectivity index (χ0n) is 16.0. The maximum atomic E-state index is 12.5. The zero-order chi connectivity index (χ0) is 21.9. The number of aliphatic carboxylic acids is 1. The van der Waals surface area contributed by atoms with E-state index in [4.69, 9.17) is 5.11 Å². The molecule has 0 aliphatic rings. The van der Waals surface area contributed by atoms with Gasteiger partial charge >= 0.3 is 5.97 Å². The van der Waals surface area contributed by atoms with E-state index in [0.717, 1.165) is 4.90 Å². The Labute approximate surface area is 168 Å². The molecule has 0 aromatic heterocycles. The zero-order valence-corrected chi connectivity index (χ0v) is 16.9. The molecule has 0 spiro atoms. The second-order valence-corrected chi connectivity index (χ2v) is 6.47. The molecule has 2 atom stereocenters. The van der Waals surface area contributed by atoms with Crippen LogP contribution in [0.5, 0.6) is 0 Å². The fourth-order valence-corrected chi connectivity index (χ4v) is 2.23. The number of carbonyl (C=O) groups is 5. The fourth-order valence-electron chi connectivity index (χ4n) is 1.98. The number of carboxylic acid groups (broad SMARTS) is 1. The van der Waals surface area contributed by atoms with Gasteiger partial charge in [0.1, 0.15) is 18.6 Å². The Bertz CT molecular complexity index is 587. The van der Waals surface area contributed by atoms with Gasteiger partial charge in [0.2, 0.25) is 23.6 Å². The highest BCUT2D eigenvalue weighted by atomic mass is 32.1. The Morgan fingerprint density at radius 1 is 1.04 bits per heavy atom. The lowest BCUT2D eigenvalue weighted by atomic mass is 10.2. The predicted molar refractivity (Wildman–Crippen MR) is 101 cm³/mol. The van der Waals surface area contributed by atoms with Crippen molar-refractivity contribution in [2.75, 3.05) is 46.2 Å². The molecule has 0 fully saturated rings. The number of amides is 4. The number of aliphatic hydroxyl groups is 1. The monoisotopic (exact) mass is 421 g/mol. The van der Waals surface area contributed by atoms with Gasteiger partial charge in [0.15, 0.2) is 0 Å². The molecule has 4 amide bonds. The van der Waals surface area contributed by atoms with Crippen LogP contribution in [0.15, 0.2) is 0 Å². The second-order valence-electron chi connectivity index (χ2n) is 6.11. The van der Waals surface area contributed by atoms with Gasteiger partial charge in [-0.15, -0.1) is 0 Å². The molecule has 13 heteroatoms. The average molecular weight is 421 g/mol. The number of nitrogens with zero attached hydrogens (tertiary/aromatic N) is 2. The minimum absolute atomic E-state index is 0.0121. The topological polar surface area (TPSA) is 168 Å². The van der Waals surface area contributed by atoms with Crippen LogP contribution in [-0.2, 0) is 24.0 Å². The molecule has 12 nitrogen and oxygen atoms in total. The summed E-state index contributed by atoms with van der Waals surface area (Å²) in [5, 5.41) is 25.2. The van der Waals surface area contributed by atoms with Gasteiger partial charge in [-0.05, 0) is 14.1 Å². The summed E-state index contributed by atoms with van der Waals surface area (Å²) in [6.45, 7) is -0.597. The number of rotatable bonds is 12. The van der Waals surface area contributed by atoms with Gasteiger partial charge in [0.25, 0.3) is 0 Å². The van der Waals surface area contributed by atoms with Crippen LogP contribution < -0.4 is 16.0 Å². The van der Waals surface area contributed by atoms with Gasteiger partial charge in [-0.3, -0.25) is 24.0 Å². The van der Waals surface area contributed by atoms with Gasteiger partial charge in [0, 0.05) is 12.7 Å². The minimum atomic E-state index is -1.31. The number of carbonyl (C=O) groups excluding carboxylic acids is 4. The highest BCUT2D eigenvalue weighted by molar-refractivity contribution is 7.80. The molecule has 5 N–H and O–H groups in total. The van der Waals surface area contributed by atoms with Crippen molar-refractivity contribution in [1.29, 1.82) is 0 Å². The third-order valence-corrected chi connectivity index (χ3v) is 3.61. The summed E-state index contributed by atoms with van der Waals surface area (Å²) >= 11 is 3.98. The Balaban J connectivity index is 5.10. The standard InChI is InChI=1S/C15H27N5O7S/c1-9(22)16-8-20(5-13(24)25)15(27)11(7-28)18-14(26)10(6-21)17-12(23)4-19(2)3/h10-11,21,28H,4-8H2,1-3H3,(H,16,22)(H,17,23)(H,18,26)(H,24,25)/t10-,11-/m0/s1. The van der Waals surface area contributed by atoms with Gasteiger partial charge in [-0.2, -0.15) is 12.6 Å². The summed E-state index contributed by atoms with van der Waals surface area (Å²) in [6.07, 6.45) is 0. The van der Waals surface area contributed by atoms with E-state index in [0.29, 0.717) is 0 Å². The van der Waals surface area contributed by atoms with Crippen LogP contribution >= 0.6 is 12.6 Å². The van der Waals surface area contributed by atoms with E-state index < -0.39 is 54.8 Å². The Morgan fingerprint density at radius 2 is 1.64 bits per heavy atom. The first-order valence-electron chi connectivity index (χ1n) is 8.23. The van der Waals surface area contributed by atoms with E-state index in [1.54, 1.807) is 19.0 Å². The van der Waals surface area contributed by atoms with Crippen LogP contribution in [0.2, 0.25) is 0 Å². The van der Waals surface area contributed by atoms with Gasteiger partial charge in [-0.25, -0.2) is 0 Å². The predicted octanol–water partition coefficient (Wildman–Crippen LogP) is -3.55. The minimum Gasteiger partial charge on any atom is -0.480 e. The van der Waals surface area contributed by atoms with Crippen molar-refractivity contribution < 1.29 is 34.2 Å². The van der Waals surface area contributed by atoms with E-state index in [1.165, 1.54) is 6.92 Å². The Hall–Kier alpha value is -2.38. The van der Waals surface area contributed by atoms with Gasteiger partial charge < -0.3 is 36.0 Å². The van der Waals surface area contributed by atoms with Gasteiger partial charge in [0.05, 0.1) is 19.8 Å². The number of aliphatic hydroxyl groups excluding tert-OH is 1. The molecule has 0 saturated carbocycles. The van der Waals surface area contributed by atoms with Crippen LogP contribution in [0.25, 0.3) is 0 Å². The maximum absolute atomic E-state index is 12.5. The Morgan fingerprint density at radius 3 is 2.07 bits per heavy atom. The summed E-state index contributed by atoms with van der Waals surface area (Å²) in [6, 6.07) is -2.53. The first-order valence-corrected chi connectivity index (χ1v) is 8.86. The molecule has 0 saturated heterocycles. The summed E-state index contributed by atoms with van der Waals surface area (Å²) in [5.41, 5.74) is 0. The average Bonchev–Trinajstić information content (AvgIpc) is 2.59. The van der Waals surface area contributed by atoms with E-state index in [-0.39, 0.29) is 19.0 Å². The molecule has 0 aliphatic carbocycles. The largest absolute Gasteiger partial charge is 0.480 e. The number of nitrogens with one attached hydrogen (secondary N) is 3. The van der Waals surface area contributed by atoms with Crippen molar-refractivity contribution in [3.63, 3.8) is 0 Å². The van der Waals surface area contributed by atoms with Crippen molar-refractivity contribution in [3.8, 4) is 0 Å². The number of thiol groups is 1. The quantitative estimate of drug-likeness (QED) is 0.139. The number of carboxylic acids is 1. The summed E-state index contributed by atoms with van der Waals surface area (Å²) < 4.78 is 0. The van der Waals surface area contributed by atoms with E-state index in [9.17, 15) is 29.1 Å². The smallest absolute Gasteiger partial charge is 0.323 e. The molecular formula is C15H27N5O7S. The number of likely N-dealkylation sites (N-methyl/N-ethyl adjacent to an activating group) is 1. The van der Waals surface area contributed by atoms with E-state index >= 15 is 0 Å². The maximum Gasteiger partial charge on any atom is 0.323 e. The second kappa shape index (κ2) is 12.9. The third kappa shape index (κ3) is 10.1. The van der Waals surface area contributed by atoms with Crippen LogP contribution in [0, 0.1) is 0 Å². The summed E-state index contributed by atoms with van der Waals surface area (Å²) in [5.74, 6) is -4.10. The van der Waals surface area contributed by atoms with E-state index in [2.05, 4.69) is 28.6 Å². The van der Waals surface area contributed by atoms with E-state index in [1.807, 2.05) is 0 Å². The lowest BCUT2D eigenvalue weighted by Gasteiger charge is -2.27. The molecule has 0 radical (unpaired) electrons. The summed E-state index contributed by atoms with van der Waals surface area (Å²) in [7, 11) is 3.30. The molecule has 0 rings (SSSR count). The Kier molecular flexibility index (Phi) is 11.8. The molecule has 28 heavy (non-hydrogen) atoms. The van der Waals surface area contributed by atoms with Crippen LogP contribution in [-0.4, -0.2) is 108 Å². The molecule has 0 unspecified atom stereocenters. The molecule has 0 aromatic carbocycles. The summed E-state index contributed by atoms with van der Waals surface area (Å²) in [4.78, 5) is 60.9. The van der Waals surface area contributed by atoms with Crippen molar-refractivity contribution in [2.24, 2.45) is 0 Å². The molecule has 0 bridgehead atoms.